The van der Waals surface area contributed by atoms with Crippen LogP contribution in [-0.4, -0.2) is 4.98 Å². The van der Waals surface area contributed by atoms with Crippen LogP contribution in [0.25, 0.3) is 11.1 Å². The van der Waals surface area contributed by atoms with Crippen LogP contribution in [0.15, 0.2) is 36.5 Å². The summed E-state index contributed by atoms with van der Waals surface area (Å²) in [7, 11) is 0. The average molecular weight is 317 g/mol. The number of hydrogen-bond acceptors (Lipinski definition) is 1. The summed E-state index contributed by atoms with van der Waals surface area (Å²) in [5, 5.41) is 0. The van der Waals surface area contributed by atoms with Gasteiger partial charge in [0.2, 0.25) is 5.95 Å². The Kier molecular flexibility index (Phi) is 2.95. The van der Waals surface area contributed by atoms with Crippen LogP contribution in [0.2, 0.25) is 0 Å². The molecule has 0 N–H and O–H groups in total. The molecular weight excluding hydrogens is 311 g/mol. The molecule has 0 unspecified atom stereocenters. The number of nitrogens with zero attached hydrogens (tertiary/aromatic N) is 1. The fourth-order valence-electron chi connectivity index (χ4n) is 1.29. The lowest BCUT2D eigenvalue weighted by atomic mass is 10.1. The van der Waals surface area contributed by atoms with Crippen molar-refractivity contribution in [2.45, 2.75) is 0 Å². The van der Waals surface area contributed by atoms with Crippen molar-refractivity contribution in [2.24, 2.45) is 0 Å². The van der Waals surface area contributed by atoms with Crippen molar-refractivity contribution in [3.05, 3.63) is 51.9 Å². The van der Waals surface area contributed by atoms with E-state index in [1.165, 1.54) is 30.5 Å². The summed E-state index contributed by atoms with van der Waals surface area (Å²) >= 11 is 2.02. The van der Waals surface area contributed by atoms with Crippen LogP contribution >= 0.6 is 22.6 Å². The summed E-state index contributed by atoms with van der Waals surface area (Å²) in [6, 6.07) is 7.40. The second kappa shape index (κ2) is 4.22. The van der Waals surface area contributed by atoms with Gasteiger partial charge in [-0.1, -0.05) is 12.1 Å². The van der Waals surface area contributed by atoms with Gasteiger partial charge < -0.3 is 0 Å². The molecule has 1 aromatic heterocycles. The highest BCUT2D eigenvalue weighted by Gasteiger charge is 2.09. The Morgan fingerprint density at radius 3 is 2.27 bits per heavy atom. The van der Waals surface area contributed by atoms with E-state index in [4.69, 9.17) is 0 Å². The third-order valence-electron chi connectivity index (χ3n) is 1.99. The van der Waals surface area contributed by atoms with Gasteiger partial charge in [-0.05, 0) is 46.4 Å². The van der Waals surface area contributed by atoms with Gasteiger partial charge in [0, 0.05) is 9.77 Å². The molecule has 2 rings (SSSR count). The Hall–Kier alpha value is -1.04. The molecule has 2 aromatic rings. The molecule has 15 heavy (non-hydrogen) atoms. The molecule has 1 heterocycles. The molecule has 1 aromatic carbocycles. The minimum Gasteiger partial charge on any atom is -0.228 e. The SMILES string of the molecule is Fc1ccc(-c2c(I)ccnc2F)cc1. The van der Waals surface area contributed by atoms with Crippen molar-refractivity contribution in [1.82, 2.24) is 4.98 Å². The van der Waals surface area contributed by atoms with Gasteiger partial charge in [0.1, 0.15) is 5.82 Å². The second-order valence-corrected chi connectivity index (χ2v) is 4.13. The first-order valence-corrected chi connectivity index (χ1v) is 5.32. The van der Waals surface area contributed by atoms with Crippen LogP contribution in [0.3, 0.4) is 0 Å². The molecule has 4 heteroatoms. The number of hydrogen-bond donors (Lipinski definition) is 0. The highest BCUT2D eigenvalue weighted by Crippen LogP contribution is 2.26. The van der Waals surface area contributed by atoms with Crippen LogP contribution in [0.5, 0.6) is 0 Å². The zero-order valence-electron chi connectivity index (χ0n) is 7.55. The largest absolute Gasteiger partial charge is 0.228 e. The molecule has 0 spiro atoms. The Labute approximate surface area is 99.3 Å². The molecule has 0 fully saturated rings. The van der Waals surface area contributed by atoms with E-state index in [0.29, 0.717) is 11.1 Å². The molecule has 0 aliphatic rings. The maximum Gasteiger partial charge on any atom is 0.221 e. The van der Waals surface area contributed by atoms with Crippen molar-refractivity contribution in [2.75, 3.05) is 0 Å². The summed E-state index contributed by atoms with van der Waals surface area (Å²) in [5.41, 5.74) is 1.05. The summed E-state index contributed by atoms with van der Waals surface area (Å²) in [6.07, 6.45) is 1.41. The number of aromatic nitrogens is 1. The number of rotatable bonds is 1. The first-order valence-electron chi connectivity index (χ1n) is 4.24. The summed E-state index contributed by atoms with van der Waals surface area (Å²) in [6.45, 7) is 0. The first-order chi connectivity index (χ1) is 7.18. The van der Waals surface area contributed by atoms with Crippen molar-refractivity contribution in [3.63, 3.8) is 0 Å². The second-order valence-electron chi connectivity index (χ2n) is 2.97. The molecule has 76 valence electrons. The van der Waals surface area contributed by atoms with Crippen molar-refractivity contribution < 1.29 is 8.78 Å². The van der Waals surface area contributed by atoms with Gasteiger partial charge in [0.05, 0.1) is 5.56 Å². The highest BCUT2D eigenvalue weighted by atomic mass is 127. The van der Waals surface area contributed by atoms with Gasteiger partial charge in [-0.15, -0.1) is 0 Å². The molecule has 1 nitrogen and oxygen atoms in total. The third-order valence-corrected chi connectivity index (χ3v) is 2.89. The smallest absolute Gasteiger partial charge is 0.221 e. The summed E-state index contributed by atoms with van der Waals surface area (Å²) in [5.74, 6) is -0.869. The molecule has 0 saturated heterocycles. The Morgan fingerprint density at radius 2 is 1.67 bits per heavy atom. The van der Waals surface area contributed by atoms with E-state index in [1.54, 1.807) is 6.07 Å². The molecule has 0 atom stereocenters. The standard InChI is InChI=1S/C11H6F2IN/c12-8-3-1-7(2-4-8)10-9(14)5-6-15-11(10)13/h1-6H. The Balaban J connectivity index is 2.58. The van der Waals surface area contributed by atoms with Crippen LogP contribution < -0.4 is 0 Å². The zero-order chi connectivity index (χ0) is 10.8. The monoisotopic (exact) mass is 317 g/mol. The van der Waals surface area contributed by atoms with Crippen molar-refractivity contribution in [1.29, 1.82) is 0 Å². The Bertz CT molecular complexity index is 462. The fraction of sp³-hybridized carbons (Fsp3) is 0. The lowest BCUT2D eigenvalue weighted by molar-refractivity contribution is 0.586. The zero-order valence-corrected chi connectivity index (χ0v) is 9.70. The van der Waals surface area contributed by atoms with Crippen LogP contribution in [0.1, 0.15) is 0 Å². The lowest BCUT2D eigenvalue weighted by Crippen LogP contribution is -1.92. The molecule has 0 radical (unpaired) electrons. The van der Waals surface area contributed by atoms with Gasteiger partial charge in [0.15, 0.2) is 0 Å². The van der Waals surface area contributed by atoms with Crippen LogP contribution in [0, 0.1) is 15.3 Å². The summed E-state index contributed by atoms with van der Waals surface area (Å²) < 4.78 is 26.9. The minimum atomic E-state index is -0.534. The van der Waals surface area contributed by atoms with Gasteiger partial charge in [-0.3, -0.25) is 0 Å². The third kappa shape index (κ3) is 2.14. The predicted molar refractivity (Wildman–Crippen MR) is 62.3 cm³/mol. The molecule has 0 aliphatic carbocycles. The lowest BCUT2D eigenvalue weighted by Gasteiger charge is -2.04. The highest BCUT2D eigenvalue weighted by molar-refractivity contribution is 14.1. The topological polar surface area (TPSA) is 12.9 Å². The predicted octanol–water partition coefficient (Wildman–Crippen LogP) is 3.63. The van der Waals surface area contributed by atoms with Crippen molar-refractivity contribution >= 4 is 22.6 Å². The van der Waals surface area contributed by atoms with Crippen molar-refractivity contribution in [3.8, 4) is 11.1 Å². The van der Waals surface area contributed by atoms with E-state index in [1.807, 2.05) is 22.6 Å². The van der Waals surface area contributed by atoms with Crippen LogP contribution in [-0.2, 0) is 0 Å². The van der Waals surface area contributed by atoms with E-state index >= 15 is 0 Å². The molecule has 0 saturated carbocycles. The molecule has 0 aliphatic heterocycles. The molecule has 0 bridgehead atoms. The van der Waals surface area contributed by atoms with Crippen LogP contribution in [0.4, 0.5) is 8.78 Å². The van der Waals surface area contributed by atoms with Gasteiger partial charge in [0.25, 0.3) is 0 Å². The quantitative estimate of drug-likeness (QED) is 0.578. The fourth-order valence-corrected chi connectivity index (χ4v) is 1.98. The van der Waals surface area contributed by atoms with Gasteiger partial charge >= 0.3 is 0 Å². The normalized spacial score (nSPS) is 10.3. The average Bonchev–Trinajstić information content (AvgIpc) is 2.20. The molecular formula is C11H6F2IN. The van der Waals surface area contributed by atoms with E-state index in [2.05, 4.69) is 4.98 Å². The van der Waals surface area contributed by atoms with E-state index in [9.17, 15) is 8.78 Å². The van der Waals surface area contributed by atoms with E-state index in [-0.39, 0.29) is 5.82 Å². The number of halogens is 3. The van der Waals surface area contributed by atoms with Gasteiger partial charge in [-0.25, -0.2) is 9.37 Å². The minimum absolute atomic E-state index is 0.335. The number of pyridine rings is 1. The molecule has 0 amide bonds. The first kappa shape index (κ1) is 10.5. The maximum absolute atomic E-state index is 13.4. The Morgan fingerprint density at radius 1 is 1.00 bits per heavy atom. The summed E-state index contributed by atoms with van der Waals surface area (Å²) in [4.78, 5) is 3.57. The van der Waals surface area contributed by atoms with E-state index < -0.39 is 5.95 Å². The van der Waals surface area contributed by atoms with Gasteiger partial charge in [-0.2, -0.15) is 4.39 Å². The maximum atomic E-state index is 13.4. The number of benzene rings is 1. The van der Waals surface area contributed by atoms with E-state index in [0.717, 1.165) is 3.57 Å².